The van der Waals surface area contributed by atoms with Crippen LogP contribution in [0.1, 0.15) is 12.8 Å². The Bertz CT molecular complexity index is 229. The first kappa shape index (κ1) is 13.6. The molecule has 16 heavy (non-hydrogen) atoms. The van der Waals surface area contributed by atoms with Crippen LogP contribution in [-0.4, -0.2) is 49.4 Å². The van der Waals surface area contributed by atoms with E-state index in [2.05, 4.69) is 4.74 Å². The first-order valence-electron chi connectivity index (χ1n) is 5.33. The molecule has 0 N–H and O–H groups in total. The average Bonchev–Trinajstić information content (AvgIpc) is 2.72. The van der Waals surface area contributed by atoms with Gasteiger partial charge in [0.05, 0.1) is 13.0 Å². The van der Waals surface area contributed by atoms with Gasteiger partial charge in [-0.25, -0.2) is 8.78 Å². The van der Waals surface area contributed by atoms with Gasteiger partial charge in [0, 0.05) is 19.0 Å². The summed E-state index contributed by atoms with van der Waals surface area (Å²) in [5.41, 5.74) is 0. The Kier molecular flexibility index (Phi) is 5.98. The lowest BCUT2D eigenvalue weighted by molar-refractivity contribution is -0.131. The number of amides is 1. The minimum atomic E-state index is -2.47. The van der Waals surface area contributed by atoms with Crippen LogP contribution in [0.15, 0.2) is 0 Å². The molecule has 0 bridgehead atoms. The van der Waals surface area contributed by atoms with Crippen LogP contribution in [0.3, 0.4) is 0 Å². The lowest BCUT2D eigenvalue weighted by Gasteiger charge is -2.15. The minimum absolute atomic E-state index is 0.0399. The fourth-order valence-corrected chi connectivity index (χ4v) is 1.93. The molecule has 0 aromatic rings. The molecule has 0 radical (unpaired) electrons. The second-order valence-electron chi connectivity index (χ2n) is 3.86. The van der Waals surface area contributed by atoms with E-state index in [0.717, 1.165) is 6.42 Å². The summed E-state index contributed by atoms with van der Waals surface area (Å²) in [6, 6.07) is 0. The molecule has 94 valence electrons. The molecule has 1 unspecified atom stereocenters. The van der Waals surface area contributed by atoms with Crippen LogP contribution in [-0.2, 0) is 9.53 Å². The summed E-state index contributed by atoms with van der Waals surface area (Å²) in [5.74, 6) is 0.889. The molecule has 1 aliphatic heterocycles. The van der Waals surface area contributed by atoms with Crippen molar-refractivity contribution in [1.29, 1.82) is 0 Å². The van der Waals surface area contributed by atoms with Gasteiger partial charge in [0.1, 0.15) is 6.61 Å². The topological polar surface area (TPSA) is 29.5 Å². The summed E-state index contributed by atoms with van der Waals surface area (Å²) in [4.78, 5) is 13.3. The number of halogens is 3. The molecule has 1 heterocycles. The first-order valence-corrected chi connectivity index (χ1v) is 5.86. The molecule has 1 rings (SSSR count). The molecular weight excluding hydrogens is 240 g/mol. The van der Waals surface area contributed by atoms with Gasteiger partial charge in [-0.1, -0.05) is 0 Å². The summed E-state index contributed by atoms with van der Waals surface area (Å²) >= 11 is 5.69. The van der Waals surface area contributed by atoms with Crippen molar-refractivity contribution in [2.45, 2.75) is 19.3 Å². The Morgan fingerprint density at radius 2 is 2.31 bits per heavy atom. The Morgan fingerprint density at radius 1 is 1.56 bits per heavy atom. The number of carbonyl (C=O) groups excluding carboxylic acids is 1. The summed E-state index contributed by atoms with van der Waals surface area (Å²) in [6.07, 6.45) is -1.38. The number of ether oxygens (including phenoxy) is 1. The minimum Gasteiger partial charge on any atom is -0.375 e. The number of likely N-dealkylation sites (tertiary alicyclic amines) is 1. The molecule has 6 heteroatoms. The van der Waals surface area contributed by atoms with E-state index in [4.69, 9.17) is 11.6 Å². The predicted molar refractivity (Wildman–Crippen MR) is 56.8 cm³/mol. The molecule has 1 fully saturated rings. The Morgan fingerprint density at radius 3 is 2.88 bits per heavy atom. The molecule has 0 aromatic carbocycles. The SMILES string of the molecule is O=C(CCOCC(F)F)N1CCC(CCl)C1. The van der Waals surface area contributed by atoms with Crippen molar-refractivity contribution in [1.82, 2.24) is 4.90 Å². The normalized spacial score (nSPS) is 20.8. The fourth-order valence-electron chi connectivity index (χ4n) is 1.68. The van der Waals surface area contributed by atoms with Gasteiger partial charge in [-0.05, 0) is 12.3 Å². The van der Waals surface area contributed by atoms with E-state index in [-0.39, 0.29) is 18.9 Å². The maximum atomic E-state index is 11.7. The van der Waals surface area contributed by atoms with Gasteiger partial charge >= 0.3 is 0 Å². The zero-order valence-corrected chi connectivity index (χ0v) is 9.76. The van der Waals surface area contributed by atoms with Crippen molar-refractivity contribution in [2.75, 3.05) is 32.2 Å². The highest BCUT2D eigenvalue weighted by molar-refractivity contribution is 6.18. The highest BCUT2D eigenvalue weighted by Gasteiger charge is 2.25. The quantitative estimate of drug-likeness (QED) is 0.535. The molecular formula is C10H16ClF2NO2. The molecule has 1 atom stereocenters. The monoisotopic (exact) mass is 255 g/mol. The van der Waals surface area contributed by atoms with Crippen molar-refractivity contribution in [3.05, 3.63) is 0 Å². The van der Waals surface area contributed by atoms with Crippen molar-refractivity contribution in [2.24, 2.45) is 5.92 Å². The van der Waals surface area contributed by atoms with Gasteiger partial charge in [-0.15, -0.1) is 11.6 Å². The number of rotatable bonds is 6. The predicted octanol–water partition coefficient (Wildman–Crippen LogP) is 1.75. The first-order chi connectivity index (χ1) is 7.63. The molecule has 3 nitrogen and oxygen atoms in total. The summed E-state index contributed by atoms with van der Waals surface area (Å²) in [6.45, 7) is 0.852. The van der Waals surface area contributed by atoms with Crippen LogP contribution in [0, 0.1) is 5.92 Å². The van der Waals surface area contributed by atoms with Crippen molar-refractivity contribution in [3.8, 4) is 0 Å². The zero-order chi connectivity index (χ0) is 12.0. The van der Waals surface area contributed by atoms with Crippen LogP contribution >= 0.6 is 11.6 Å². The van der Waals surface area contributed by atoms with Crippen molar-refractivity contribution >= 4 is 17.5 Å². The Labute approximate surface area is 98.7 Å². The molecule has 0 spiro atoms. The number of hydrogen-bond donors (Lipinski definition) is 0. The van der Waals surface area contributed by atoms with E-state index in [9.17, 15) is 13.6 Å². The second kappa shape index (κ2) is 7.01. The molecule has 1 saturated heterocycles. The van der Waals surface area contributed by atoms with Gasteiger partial charge in [0.25, 0.3) is 6.43 Å². The van der Waals surface area contributed by atoms with Crippen LogP contribution in [0.2, 0.25) is 0 Å². The summed E-state index contributed by atoms with van der Waals surface area (Å²) in [7, 11) is 0. The molecule has 0 saturated carbocycles. The smallest absolute Gasteiger partial charge is 0.261 e. The Hall–Kier alpha value is -0.420. The molecule has 1 aliphatic rings. The highest BCUT2D eigenvalue weighted by Crippen LogP contribution is 2.17. The lowest BCUT2D eigenvalue weighted by Crippen LogP contribution is -2.29. The average molecular weight is 256 g/mol. The lowest BCUT2D eigenvalue weighted by atomic mass is 10.2. The van der Waals surface area contributed by atoms with E-state index in [1.54, 1.807) is 4.90 Å². The second-order valence-corrected chi connectivity index (χ2v) is 4.17. The van der Waals surface area contributed by atoms with E-state index < -0.39 is 13.0 Å². The molecule has 1 amide bonds. The van der Waals surface area contributed by atoms with Gasteiger partial charge in [-0.3, -0.25) is 4.79 Å². The zero-order valence-electron chi connectivity index (χ0n) is 9.00. The van der Waals surface area contributed by atoms with Crippen molar-refractivity contribution in [3.63, 3.8) is 0 Å². The summed E-state index contributed by atoms with van der Waals surface area (Å²) < 4.78 is 28.1. The molecule has 0 aromatic heterocycles. The number of alkyl halides is 3. The van der Waals surface area contributed by atoms with Crippen LogP contribution in [0.4, 0.5) is 8.78 Å². The Balaban J connectivity index is 2.11. The van der Waals surface area contributed by atoms with E-state index in [0.29, 0.717) is 24.9 Å². The van der Waals surface area contributed by atoms with Gasteiger partial charge in [-0.2, -0.15) is 0 Å². The standard InChI is InChI=1S/C10H16ClF2NO2/c11-5-8-1-3-14(6-8)10(15)2-4-16-7-9(12)13/h8-9H,1-7H2. The maximum absolute atomic E-state index is 11.7. The van der Waals surface area contributed by atoms with Crippen molar-refractivity contribution < 1.29 is 18.3 Å². The number of carbonyl (C=O) groups is 1. The third-order valence-corrected chi connectivity index (χ3v) is 3.00. The largest absolute Gasteiger partial charge is 0.375 e. The highest BCUT2D eigenvalue weighted by atomic mass is 35.5. The summed E-state index contributed by atoms with van der Waals surface area (Å²) in [5, 5.41) is 0. The maximum Gasteiger partial charge on any atom is 0.261 e. The van der Waals surface area contributed by atoms with Gasteiger partial charge < -0.3 is 9.64 Å². The van der Waals surface area contributed by atoms with E-state index in [1.165, 1.54) is 0 Å². The molecule has 0 aliphatic carbocycles. The number of nitrogens with zero attached hydrogens (tertiary/aromatic N) is 1. The fraction of sp³-hybridized carbons (Fsp3) is 0.900. The van der Waals surface area contributed by atoms with Gasteiger partial charge in [0.2, 0.25) is 5.91 Å². The third kappa shape index (κ3) is 4.61. The third-order valence-electron chi connectivity index (χ3n) is 2.56. The number of hydrogen-bond acceptors (Lipinski definition) is 2. The van der Waals surface area contributed by atoms with E-state index in [1.807, 2.05) is 0 Å². The van der Waals surface area contributed by atoms with Gasteiger partial charge in [0.15, 0.2) is 0 Å². The van der Waals surface area contributed by atoms with Crippen LogP contribution in [0.5, 0.6) is 0 Å². The van der Waals surface area contributed by atoms with Crippen LogP contribution in [0.25, 0.3) is 0 Å². The van der Waals surface area contributed by atoms with E-state index >= 15 is 0 Å². The van der Waals surface area contributed by atoms with Crippen LogP contribution < -0.4 is 0 Å².